The largest absolute Gasteiger partial charge is 0.472 e. The molecule has 0 aromatic carbocycles. The van der Waals surface area contributed by atoms with Crippen molar-refractivity contribution in [3.8, 4) is 17.3 Å². The number of ether oxygens (including phenoxy) is 2. The number of halogens is 3. The fourth-order valence-corrected chi connectivity index (χ4v) is 3.17. The number of hydrogen-bond donors (Lipinski definition) is 3. The Balaban J connectivity index is 1.60. The van der Waals surface area contributed by atoms with Crippen molar-refractivity contribution in [3.63, 3.8) is 0 Å². The quantitative estimate of drug-likeness (QED) is 0.495. The first-order chi connectivity index (χ1) is 15.3. The fourth-order valence-electron chi connectivity index (χ4n) is 3.17. The molecular weight excluding hydrogens is 431 g/mol. The molecule has 10 nitrogen and oxygen atoms in total. The predicted molar refractivity (Wildman–Crippen MR) is 106 cm³/mol. The Hall–Kier alpha value is -3.48. The van der Waals surface area contributed by atoms with Gasteiger partial charge in [-0.2, -0.15) is 18.2 Å². The number of alkyl halides is 3. The summed E-state index contributed by atoms with van der Waals surface area (Å²) in [5.74, 6) is -0.0570. The van der Waals surface area contributed by atoms with Crippen molar-refractivity contribution in [3.05, 3.63) is 24.8 Å². The molecule has 1 amide bonds. The average Bonchev–Trinajstić information content (AvgIpc) is 3.41. The van der Waals surface area contributed by atoms with Crippen molar-refractivity contribution >= 4 is 22.8 Å². The van der Waals surface area contributed by atoms with E-state index >= 15 is 0 Å². The standard InChI is InChI=1S/C19H20F3N7O3/c1-10(18(30)25-8-19(20,21)22)27-14-4-15(32-11-2-3-31-7-11)29-17(28-14)13-6-24-16-12(13)5-23-9-26-16/h4-6,9-11H,2-3,7-8H2,1H3,(H,25,30)(H,23,24,26)(H,27,28,29)/p+1/t10-,11?/m0/s1. The van der Waals surface area contributed by atoms with Crippen LogP contribution in [0.1, 0.15) is 13.3 Å². The van der Waals surface area contributed by atoms with Crippen LogP contribution in [0.3, 0.4) is 0 Å². The molecule has 1 fully saturated rings. The number of rotatable bonds is 7. The third-order valence-corrected chi connectivity index (χ3v) is 4.73. The van der Waals surface area contributed by atoms with Crippen LogP contribution in [0.5, 0.6) is 5.88 Å². The Labute approximate surface area is 180 Å². The molecule has 1 aliphatic heterocycles. The zero-order chi connectivity index (χ0) is 22.7. The third kappa shape index (κ3) is 5.22. The molecule has 4 rings (SSSR count). The van der Waals surface area contributed by atoms with E-state index < -0.39 is 24.7 Å². The van der Waals surface area contributed by atoms with E-state index in [9.17, 15) is 18.0 Å². The van der Waals surface area contributed by atoms with Crippen LogP contribution >= 0.6 is 0 Å². The predicted octanol–water partition coefficient (Wildman–Crippen LogP) is 1.48. The van der Waals surface area contributed by atoms with Gasteiger partial charge in [0.15, 0.2) is 5.82 Å². The summed E-state index contributed by atoms with van der Waals surface area (Å²) in [7, 11) is 0. The summed E-state index contributed by atoms with van der Waals surface area (Å²) in [4.78, 5) is 31.1. The zero-order valence-corrected chi connectivity index (χ0v) is 17.0. The summed E-state index contributed by atoms with van der Waals surface area (Å²) in [6, 6.07) is 0.509. The summed E-state index contributed by atoms with van der Waals surface area (Å²) in [5, 5.41) is 5.40. The van der Waals surface area contributed by atoms with Gasteiger partial charge in [-0.05, 0) is 11.9 Å². The maximum Gasteiger partial charge on any atom is 0.405 e. The minimum Gasteiger partial charge on any atom is -0.472 e. The summed E-state index contributed by atoms with van der Waals surface area (Å²) >= 11 is 0. The maximum absolute atomic E-state index is 12.4. The summed E-state index contributed by atoms with van der Waals surface area (Å²) in [6.45, 7) is 1.02. The molecule has 4 N–H and O–H groups in total. The van der Waals surface area contributed by atoms with Crippen LogP contribution < -0.4 is 20.4 Å². The van der Waals surface area contributed by atoms with Crippen molar-refractivity contribution in [1.29, 1.82) is 0 Å². The summed E-state index contributed by atoms with van der Waals surface area (Å²) < 4.78 is 48.4. The summed E-state index contributed by atoms with van der Waals surface area (Å²) in [6.07, 6.45) is 0.961. The first kappa shape index (κ1) is 21.7. The summed E-state index contributed by atoms with van der Waals surface area (Å²) in [5.41, 5.74) is 1.25. The van der Waals surface area contributed by atoms with Crippen LogP contribution in [0.25, 0.3) is 22.4 Å². The molecule has 3 aromatic rings. The second-order valence-electron chi connectivity index (χ2n) is 7.25. The number of fused-ring (bicyclic) bond motifs is 1. The Bertz CT molecular complexity index is 1100. The highest BCUT2D eigenvalue weighted by atomic mass is 19.4. The molecule has 0 spiro atoms. The fraction of sp³-hybridized carbons (Fsp3) is 0.421. The molecule has 1 unspecified atom stereocenters. The average molecular weight is 452 g/mol. The highest BCUT2D eigenvalue weighted by molar-refractivity contribution is 5.90. The molecule has 4 heterocycles. The molecule has 0 radical (unpaired) electrons. The lowest BCUT2D eigenvalue weighted by Crippen LogP contribution is -2.42. The van der Waals surface area contributed by atoms with E-state index in [2.05, 4.69) is 30.2 Å². The minimum absolute atomic E-state index is 0.184. The van der Waals surface area contributed by atoms with Crippen LogP contribution in [0.2, 0.25) is 0 Å². The molecule has 0 aliphatic carbocycles. The Kier molecular flexibility index (Phi) is 6.08. The van der Waals surface area contributed by atoms with Crippen LogP contribution in [0, 0.1) is 0 Å². The lowest BCUT2D eigenvalue weighted by atomic mass is 10.2. The lowest BCUT2D eigenvalue weighted by molar-refractivity contribution is -0.380. The van der Waals surface area contributed by atoms with Gasteiger partial charge in [-0.3, -0.25) is 4.79 Å². The molecule has 1 saturated heterocycles. The molecule has 1 aliphatic rings. The highest BCUT2D eigenvalue weighted by Gasteiger charge is 2.29. The topological polar surface area (TPSA) is 128 Å². The van der Waals surface area contributed by atoms with E-state index in [0.29, 0.717) is 36.7 Å². The number of nitrogens with one attached hydrogen (secondary N) is 4. The molecule has 2 atom stereocenters. The van der Waals surface area contributed by atoms with Crippen molar-refractivity contribution in [2.24, 2.45) is 0 Å². The van der Waals surface area contributed by atoms with E-state index in [-0.39, 0.29) is 17.8 Å². The Morgan fingerprint density at radius 2 is 2.28 bits per heavy atom. The second-order valence-corrected chi connectivity index (χ2v) is 7.25. The zero-order valence-electron chi connectivity index (χ0n) is 17.0. The van der Waals surface area contributed by atoms with Crippen LogP contribution in [0.4, 0.5) is 19.0 Å². The first-order valence-corrected chi connectivity index (χ1v) is 9.86. The van der Waals surface area contributed by atoms with Crippen LogP contribution in [-0.4, -0.2) is 63.9 Å². The normalized spacial score (nSPS) is 17.3. The number of nitrogens with zero attached hydrogens (tertiary/aromatic N) is 3. The monoisotopic (exact) mass is 452 g/mol. The van der Waals surface area contributed by atoms with Gasteiger partial charge in [0.05, 0.1) is 24.2 Å². The smallest absolute Gasteiger partial charge is 0.405 e. The number of carbonyl (C=O) groups is 1. The van der Waals surface area contributed by atoms with Crippen LogP contribution in [-0.2, 0) is 9.53 Å². The Morgan fingerprint density at radius 1 is 1.44 bits per heavy atom. The van der Waals surface area contributed by atoms with Gasteiger partial charge in [-0.15, -0.1) is 0 Å². The second kappa shape index (κ2) is 8.94. The van der Waals surface area contributed by atoms with Gasteiger partial charge in [0.1, 0.15) is 30.7 Å². The number of carbonyl (C=O) groups excluding carboxylic acids is 1. The molecule has 3 aromatic heterocycles. The maximum atomic E-state index is 12.4. The van der Waals surface area contributed by atoms with E-state index in [4.69, 9.17) is 9.47 Å². The van der Waals surface area contributed by atoms with E-state index in [1.165, 1.54) is 19.3 Å². The van der Waals surface area contributed by atoms with E-state index in [0.717, 1.165) is 5.39 Å². The number of H-pyrrole nitrogens is 2. The third-order valence-electron chi connectivity index (χ3n) is 4.73. The Morgan fingerprint density at radius 3 is 3.03 bits per heavy atom. The molecule has 13 heteroatoms. The van der Waals surface area contributed by atoms with Gasteiger partial charge in [-0.25, -0.2) is 9.97 Å². The van der Waals surface area contributed by atoms with Gasteiger partial charge in [0.2, 0.25) is 11.8 Å². The molecular formula is C19H21F3N7O3+. The number of hydrogen-bond acceptors (Lipinski definition) is 7. The van der Waals surface area contributed by atoms with Gasteiger partial charge in [0.25, 0.3) is 12.0 Å². The van der Waals surface area contributed by atoms with E-state index in [1.54, 1.807) is 12.4 Å². The molecule has 32 heavy (non-hydrogen) atoms. The molecule has 0 bridgehead atoms. The number of anilines is 1. The lowest BCUT2D eigenvalue weighted by Gasteiger charge is -2.17. The minimum atomic E-state index is -4.50. The first-order valence-electron chi connectivity index (χ1n) is 9.86. The van der Waals surface area contributed by atoms with Gasteiger partial charge in [0, 0.05) is 18.7 Å². The SMILES string of the molecule is C[C@H](Nc1cc(OC2CCOC2)nc(-c2c[nH]c3nc[nH+]cc23)n1)C(=O)NCC(F)(F)F. The van der Waals surface area contributed by atoms with Crippen LogP contribution in [0.15, 0.2) is 24.8 Å². The van der Waals surface area contributed by atoms with Gasteiger partial charge in [-0.1, -0.05) is 0 Å². The van der Waals surface area contributed by atoms with Crippen molar-refractivity contribution in [2.45, 2.75) is 31.7 Å². The van der Waals surface area contributed by atoms with Gasteiger partial charge >= 0.3 is 6.18 Å². The number of amides is 1. The van der Waals surface area contributed by atoms with Crippen molar-refractivity contribution in [2.75, 3.05) is 25.1 Å². The number of aromatic nitrogens is 5. The molecule has 0 saturated carbocycles. The number of aromatic amines is 2. The van der Waals surface area contributed by atoms with Crippen molar-refractivity contribution in [1.82, 2.24) is 25.3 Å². The highest BCUT2D eigenvalue weighted by Crippen LogP contribution is 2.28. The molecule has 170 valence electrons. The van der Waals surface area contributed by atoms with E-state index in [1.807, 2.05) is 5.32 Å². The van der Waals surface area contributed by atoms with Gasteiger partial charge < -0.3 is 25.1 Å². The van der Waals surface area contributed by atoms with Crippen molar-refractivity contribution < 1.29 is 32.4 Å².